The molecule has 0 bridgehead atoms. The van der Waals surface area contributed by atoms with E-state index >= 15 is 0 Å². The molecular formula is C17H26O2. The molecule has 2 heteroatoms. The minimum absolute atomic E-state index is 0.172. The van der Waals surface area contributed by atoms with Gasteiger partial charge in [-0.05, 0) is 57.3 Å². The third-order valence-electron chi connectivity index (χ3n) is 5.12. The molecule has 2 rings (SSSR count). The number of fused-ring (bicyclic) bond motifs is 1. The molecule has 2 aliphatic carbocycles. The van der Waals surface area contributed by atoms with Gasteiger partial charge < -0.3 is 4.74 Å². The molecule has 3 atom stereocenters. The Morgan fingerprint density at radius 3 is 2.79 bits per heavy atom. The lowest BCUT2D eigenvalue weighted by Crippen LogP contribution is -2.44. The average molecular weight is 262 g/mol. The average Bonchev–Trinajstić information content (AvgIpc) is 2.26. The molecule has 0 saturated heterocycles. The van der Waals surface area contributed by atoms with Gasteiger partial charge in [0.2, 0.25) is 0 Å². The topological polar surface area (TPSA) is 26.3 Å². The van der Waals surface area contributed by atoms with Crippen LogP contribution in [0.5, 0.6) is 0 Å². The van der Waals surface area contributed by atoms with Crippen molar-refractivity contribution < 1.29 is 9.53 Å². The number of esters is 1. The summed E-state index contributed by atoms with van der Waals surface area (Å²) in [7, 11) is 0. The number of ether oxygens (including phenoxy) is 1. The summed E-state index contributed by atoms with van der Waals surface area (Å²) in [4.78, 5) is 11.3. The first-order chi connectivity index (χ1) is 8.74. The second-order valence-corrected chi connectivity index (χ2v) is 7.00. The van der Waals surface area contributed by atoms with Crippen LogP contribution in [0.15, 0.2) is 23.8 Å². The summed E-state index contributed by atoms with van der Waals surface area (Å²) >= 11 is 0. The van der Waals surface area contributed by atoms with Gasteiger partial charge in [0, 0.05) is 6.92 Å². The van der Waals surface area contributed by atoms with E-state index in [0.29, 0.717) is 17.3 Å². The summed E-state index contributed by atoms with van der Waals surface area (Å²) in [6.07, 6.45) is 10.2. The van der Waals surface area contributed by atoms with Crippen molar-refractivity contribution in [1.82, 2.24) is 0 Å². The molecule has 0 aromatic heterocycles. The fourth-order valence-electron chi connectivity index (χ4n) is 3.86. The first-order valence-corrected chi connectivity index (χ1v) is 7.30. The van der Waals surface area contributed by atoms with Crippen LogP contribution < -0.4 is 0 Å². The minimum Gasteiger partial charge on any atom is -0.460 e. The molecule has 3 unspecified atom stereocenters. The maximum atomic E-state index is 11.3. The lowest BCUT2D eigenvalue weighted by Gasteiger charge is -2.48. The Morgan fingerprint density at radius 2 is 2.16 bits per heavy atom. The smallest absolute Gasteiger partial charge is 0.303 e. The number of carbonyl (C=O) groups is 1. The van der Waals surface area contributed by atoms with Crippen LogP contribution in [0, 0.1) is 17.3 Å². The highest BCUT2D eigenvalue weighted by molar-refractivity contribution is 5.66. The maximum absolute atomic E-state index is 11.3. The van der Waals surface area contributed by atoms with Crippen LogP contribution in [0.1, 0.15) is 53.9 Å². The summed E-state index contributed by atoms with van der Waals surface area (Å²) in [5, 5.41) is 0. The van der Waals surface area contributed by atoms with Gasteiger partial charge in [0.1, 0.15) is 5.60 Å². The van der Waals surface area contributed by atoms with Crippen molar-refractivity contribution in [2.24, 2.45) is 17.3 Å². The Labute approximate surface area is 116 Å². The van der Waals surface area contributed by atoms with Gasteiger partial charge in [0.05, 0.1) is 0 Å². The molecule has 2 aliphatic rings. The Bertz CT molecular complexity index is 431. The van der Waals surface area contributed by atoms with Gasteiger partial charge in [0.15, 0.2) is 0 Å². The maximum Gasteiger partial charge on any atom is 0.303 e. The Balaban J connectivity index is 2.16. The molecule has 0 N–H and O–H groups in total. The predicted octanol–water partition coefficient (Wildman–Crippen LogP) is 4.27. The number of allylic oxidation sites excluding steroid dienone is 4. The first-order valence-electron chi connectivity index (χ1n) is 7.30. The highest BCUT2D eigenvalue weighted by atomic mass is 16.6. The molecule has 106 valence electrons. The fraction of sp³-hybridized carbons (Fsp3) is 0.706. The van der Waals surface area contributed by atoms with Crippen LogP contribution in [0.4, 0.5) is 0 Å². The first kappa shape index (κ1) is 14.4. The molecular weight excluding hydrogens is 236 g/mol. The largest absolute Gasteiger partial charge is 0.460 e. The molecule has 0 aliphatic heterocycles. The van der Waals surface area contributed by atoms with Gasteiger partial charge in [-0.25, -0.2) is 0 Å². The van der Waals surface area contributed by atoms with E-state index in [9.17, 15) is 4.79 Å². The molecule has 0 spiro atoms. The molecule has 0 amide bonds. The third kappa shape index (κ3) is 2.77. The normalized spacial score (nSPS) is 34.5. The number of rotatable bonds is 2. The van der Waals surface area contributed by atoms with Gasteiger partial charge in [0.25, 0.3) is 0 Å². The Morgan fingerprint density at radius 1 is 1.47 bits per heavy atom. The summed E-state index contributed by atoms with van der Waals surface area (Å²) in [5.41, 5.74) is 1.41. The van der Waals surface area contributed by atoms with Crippen molar-refractivity contribution >= 4 is 5.97 Å². The fourth-order valence-corrected chi connectivity index (χ4v) is 3.86. The Kier molecular flexibility index (Phi) is 3.63. The molecule has 19 heavy (non-hydrogen) atoms. The van der Waals surface area contributed by atoms with Crippen molar-refractivity contribution in [1.29, 1.82) is 0 Å². The minimum atomic E-state index is -0.353. The van der Waals surface area contributed by atoms with Gasteiger partial charge in [-0.15, -0.1) is 0 Å². The zero-order valence-electron chi connectivity index (χ0n) is 12.8. The SMILES string of the molecule is CC(=O)OC(C)(C)C1CCC2(C)C=CC=C(C)C2C1. The zero-order chi connectivity index (χ0) is 14.3. The van der Waals surface area contributed by atoms with E-state index in [2.05, 4.69) is 45.9 Å². The summed E-state index contributed by atoms with van der Waals surface area (Å²) < 4.78 is 5.55. The Hall–Kier alpha value is -1.05. The third-order valence-corrected chi connectivity index (χ3v) is 5.12. The standard InChI is InChI=1S/C17H26O2/c1-12-7-6-9-17(5)10-8-14(11-15(12)17)16(3,4)19-13(2)18/h6-7,9,14-15H,8,10-11H2,1-5H3. The molecule has 1 saturated carbocycles. The molecule has 0 aromatic rings. The number of hydrogen-bond donors (Lipinski definition) is 0. The number of hydrogen-bond acceptors (Lipinski definition) is 2. The van der Waals surface area contributed by atoms with E-state index in [0.717, 1.165) is 12.8 Å². The van der Waals surface area contributed by atoms with E-state index in [4.69, 9.17) is 4.74 Å². The monoisotopic (exact) mass is 262 g/mol. The molecule has 1 fully saturated rings. The summed E-state index contributed by atoms with van der Waals surface area (Å²) in [6.45, 7) is 10.2. The van der Waals surface area contributed by atoms with E-state index in [1.807, 2.05) is 0 Å². The van der Waals surface area contributed by atoms with E-state index < -0.39 is 0 Å². The van der Waals surface area contributed by atoms with Crippen LogP contribution in [-0.2, 0) is 9.53 Å². The van der Waals surface area contributed by atoms with Gasteiger partial charge >= 0.3 is 5.97 Å². The van der Waals surface area contributed by atoms with Crippen LogP contribution in [0.25, 0.3) is 0 Å². The second-order valence-electron chi connectivity index (χ2n) is 7.00. The molecule has 0 aromatic carbocycles. The van der Waals surface area contributed by atoms with E-state index in [1.165, 1.54) is 18.9 Å². The van der Waals surface area contributed by atoms with Crippen LogP contribution in [0.3, 0.4) is 0 Å². The van der Waals surface area contributed by atoms with Gasteiger partial charge in [-0.2, -0.15) is 0 Å². The summed E-state index contributed by atoms with van der Waals surface area (Å²) in [5.74, 6) is 0.865. The van der Waals surface area contributed by atoms with Crippen molar-refractivity contribution in [2.45, 2.75) is 59.5 Å². The van der Waals surface area contributed by atoms with Crippen molar-refractivity contribution in [2.75, 3.05) is 0 Å². The molecule has 0 heterocycles. The summed E-state index contributed by atoms with van der Waals surface area (Å²) in [6, 6.07) is 0. The van der Waals surface area contributed by atoms with Crippen molar-refractivity contribution in [3.63, 3.8) is 0 Å². The zero-order valence-corrected chi connectivity index (χ0v) is 12.8. The quantitative estimate of drug-likeness (QED) is 0.695. The second kappa shape index (κ2) is 4.81. The lowest BCUT2D eigenvalue weighted by molar-refractivity contribution is -0.161. The van der Waals surface area contributed by atoms with Gasteiger partial charge in [-0.3, -0.25) is 4.79 Å². The van der Waals surface area contributed by atoms with Crippen LogP contribution >= 0.6 is 0 Å². The van der Waals surface area contributed by atoms with E-state index in [-0.39, 0.29) is 11.6 Å². The van der Waals surface area contributed by atoms with Crippen molar-refractivity contribution in [3.05, 3.63) is 23.8 Å². The number of carbonyl (C=O) groups excluding carboxylic acids is 1. The predicted molar refractivity (Wildman–Crippen MR) is 77.7 cm³/mol. The lowest BCUT2D eigenvalue weighted by atomic mass is 9.58. The van der Waals surface area contributed by atoms with Crippen LogP contribution in [0.2, 0.25) is 0 Å². The van der Waals surface area contributed by atoms with E-state index in [1.54, 1.807) is 0 Å². The molecule has 0 radical (unpaired) electrons. The van der Waals surface area contributed by atoms with Gasteiger partial charge in [-0.1, -0.05) is 30.7 Å². The highest BCUT2D eigenvalue weighted by Crippen LogP contribution is 2.52. The van der Waals surface area contributed by atoms with Crippen LogP contribution in [-0.4, -0.2) is 11.6 Å². The highest BCUT2D eigenvalue weighted by Gasteiger charge is 2.45. The molecule has 2 nitrogen and oxygen atoms in total. The van der Waals surface area contributed by atoms with Crippen molar-refractivity contribution in [3.8, 4) is 0 Å².